The number of anilines is 2. The number of unbranched alkanes of at least 4 members (excludes halogenated alkanes) is 4. The van der Waals surface area contributed by atoms with Crippen molar-refractivity contribution in [3.05, 3.63) is 5.82 Å². The summed E-state index contributed by atoms with van der Waals surface area (Å²) in [5, 5.41) is 9.75. The van der Waals surface area contributed by atoms with Crippen LogP contribution in [0.1, 0.15) is 58.2 Å². The van der Waals surface area contributed by atoms with Crippen LogP contribution in [0.25, 0.3) is 0 Å². The molecule has 28 heavy (non-hydrogen) atoms. The number of carbonyl (C=O) groups excluding carboxylic acids is 2. The molecule has 1 heterocycles. The molecule has 1 atom stereocenters. The minimum absolute atomic E-state index is 0.0866. The number of hydrogen-bond acceptors (Lipinski definition) is 8. The monoisotopic (exact) mass is 395 g/mol. The van der Waals surface area contributed by atoms with Crippen LogP contribution in [0.2, 0.25) is 0 Å². The average molecular weight is 396 g/mol. The summed E-state index contributed by atoms with van der Waals surface area (Å²) in [4.78, 5) is 37.7. The van der Waals surface area contributed by atoms with Gasteiger partial charge in [-0.1, -0.05) is 39.5 Å². The van der Waals surface area contributed by atoms with Gasteiger partial charge in [0.1, 0.15) is 5.82 Å². The van der Waals surface area contributed by atoms with Gasteiger partial charge < -0.3 is 4.90 Å². The highest BCUT2D eigenvalue weighted by Gasteiger charge is 2.19. The van der Waals surface area contributed by atoms with Crippen LogP contribution in [0.3, 0.4) is 0 Å². The molecular weight excluding hydrogens is 362 g/mol. The molecule has 2 amide bonds. The topological polar surface area (TPSA) is 124 Å². The van der Waals surface area contributed by atoms with E-state index in [1.54, 1.807) is 11.8 Å². The first-order valence-electron chi connectivity index (χ1n) is 9.80. The first-order chi connectivity index (χ1) is 13.4. The van der Waals surface area contributed by atoms with Gasteiger partial charge in [-0.3, -0.25) is 25.6 Å². The molecule has 1 aromatic rings. The Hall–Kier alpha value is -2.49. The van der Waals surface area contributed by atoms with Crippen LogP contribution >= 0.6 is 0 Å². The Morgan fingerprint density at radius 1 is 1.14 bits per heavy atom. The maximum atomic E-state index is 12.3. The van der Waals surface area contributed by atoms with Crippen molar-refractivity contribution in [3.63, 3.8) is 0 Å². The van der Waals surface area contributed by atoms with Gasteiger partial charge in [-0.05, 0) is 12.8 Å². The largest absolute Gasteiger partial charge is 0.347 e. The minimum Gasteiger partial charge on any atom is -0.347 e. The van der Waals surface area contributed by atoms with E-state index in [0.717, 1.165) is 19.3 Å². The van der Waals surface area contributed by atoms with Gasteiger partial charge in [-0.25, -0.2) is 5.06 Å². The zero-order chi connectivity index (χ0) is 20.9. The molecule has 10 nitrogen and oxygen atoms in total. The van der Waals surface area contributed by atoms with Crippen molar-refractivity contribution in [1.29, 1.82) is 0 Å². The van der Waals surface area contributed by atoms with Gasteiger partial charge in [0.25, 0.3) is 0 Å². The predicted molar refractivity (Wildman–Crippen MR) is 107 cm³/mol. The number of nitrogens with zero attached hydrogens (tertiary/aromatic N) is 5. The Morgan fingerprint density at radius 2 is 1.86 bits per heavy atom. The molecule has 0 aliphatic rings. The number of hydrogen-bond donors (Lipinski definition) is 3. The van der Waals surface area contributed by atoms with Gasteiger partial charge in [-0.15, -0.1) is 0 Å². The highest BCUT2D eigenvalue weighted by Crippen LogP contribution is 2.12. The van der Waals surface area contributed by atoms with E-state index < -0.39 is 5.92 Å². The fourth-order valence-corrected chi connectivity index (χ4v) is 2.55. The van der Waals surface area contributed by atoms with E-state index in [1.165, 1.54) is 19.3 Å². The average Bonchev–Trinajstić information content (AvgIpc) is 2.69. The second-order valence-electron chi connectivity index (χ2n) is 6.88. The van der Waals surface area contributed by atoms with Crippen molar-refractivity contribution < 1.29 is 14.8 Å². The molecule has 1 rings (SSSR count). The lowest BCUT2D eigenvalue weighted by Crippen LogP contribution is -2.40. The van der Waals surface area contributed by atoms with Gasteiger partial charge in [0.2, 0.25) is 24.2 Å². The fraction of sp³-hybridized carbons (Fsp3) is 0.722. The number of aromatic nitrogens is 3. The molecule has 1 aromatic heterocycles. The molecule has 1 unspecified atom stereocenters. The summed E-state index contributed by atoms with van der Waals surface area (Å²) < 4.78 is 0. The van der Waals surface area contributed by atoms with E-state index in [4.69, 9.17) is 0 Å². The number of carbonyl (C=O) groups is 2. The number of amides is 2. The minimum atomic E-state index is -0.559. The molecule has 0 spiro atoms. The summed E-state index contributed by atoms with van der Waals surface area (Å²) in [6.07, 6.45) is 7.22. The number of nitrogens with one attached hydrogen (secondary N) is 2. The van der Waals surface area contributed by atoms with Crippen molar-refractivity contribution in [1.82, 2.24) is 25.4 Å². The molecule has 0 bridgehead atoms. The van der Waals surface area contributed by atoms with Crippen molar-refractivity contribution in [2.75, 3.05) is 31.0 Å². The van der Waals surface area contributed by atoms with Crippen LogP contribution in [0.15, 0.2) is 0 Å². The van der Waals surface area contributed by atoms with E-state index >= 15 is 0 Å². The van der Waals surface area contributed by atoms with Crippen LogP contribution < -0.4 is 15.8 Å². The molecule has 0 saturated carbocycles. The summed E-state index contributed by atoms with van der Waals surface area (Å²) in [6.45, 7) is 3.89. The van der Waals surface area contributed by atoms with Gasteiger partial charge >= 0.3 is 0 Å². The summed E-state index contributed by atoms with van der Waals surface area (Å²) in [5.41, 5.74) is 5.26. The molecule has 0 radical (unpaired) electrons. The van der Waals surface area contributed by atoms with E-state index in [1.807, 2.05) is 14.1 Å². The zero-order valence-corrected chi connectivity index (χ0v) is 17.3. The summed E-state index contributed by atoms with van der Waals surface area (Å²) in [6, 6.07) is 0. The van der Waals surface area contributed by atoms with E-state index in [-0.39, 0.29) is 24.8 Å². The number of hydroxylamine groups is 2. The Kier molecular flexibility index (Phi) is 10.8. The van der Waals surface area contributed by atoms with E-state index in [9.17, 15) is 14.8 Å². The summed E-state index contributed by atoms with van der Waals surface area (Å²) >= 11 is 0. The Bertz CT molecular complexity index is 613. The molecule has 0 aliphatic carbocycles. The van der Waals surface area contributed by atoms with E-state index in [2.05, 4.69) is 32.7 Å². The smallest absolute Gasteiger partial charge is 0.246 e. The molecule has 0 fully saturated rings. The maximum absolute atomic E-state index is 12.3. The van der Waals surface area contributed by atoms with Crippen LogP contribution in [0.5, 0.6) is 0 Å². The molecule has 10 heteroatoms. The number of rotatable bonds is 14. The van der Waals surface area contributed by atoms with Gasteiger partial charge in [0.15, 0.2) is 0 Å². The SMILES string of the molecule is CCCCCCCc1nc(NNC(=O)C(CC)CN(O)C=O)nc(N(C)C)n1. The fourth-order valence-electron chi connectivity index (χ4n) is 2.55. The van der Waals surface area contributed by atoms with Crippen molar-refractivity contribution in [2.45, 2.75) is 58.8 Å². The zero-order valence-electron chi connectivity index (χ0n) is 17.3. The van der Waals surface area contributed by atoms with Crippen molar-refractivity contribution >= 4 is 24.2 Å². The Labute approximate surface area is 166 Å². The molecular formula is C18H33N7O3. The first kappa shape index (κ1) is 23.5. The quantitative estimate of drug-likeness (QED) is 0.188. The highest BCUT2D eigenvalue weighted by molar-refractivity contribution is 5.80. The lowest BCUT2D eigenvalue weighted by Gasteiger charge is -2.18. The van der Waals surface area contributed by atoms with Gasteiger partial charge in [-0.2, -0.15) is 15.0 Å². The normalized spacial score (nSPS) is 11.6. The van der Waals surface area contributed by atoms with Crippen molar-refractivity contribution in [2.24, 2.45) is 5.92 Å². The van der Waals surface area contributed by atoms with Crippen LogP contribution in [-0.2, 0) is 16.0 Å². The lowest BCUT2D eigenvalue weighted by molar-refractivity contribution is -0.154. The second kappa shape index (κ2) is 12.8. The summed E-state index contributed by atoms with van der Waals surface area (Å²) in [5.74, 6) is 0.500. The van der Waals surface area contributed by atoms with Crippen LogP contribution in [-0.4, -0.2) is 58.2 Å². The van der Waals surface area contributed by atoms with E-state index in [0.29, 0.717) is 23.3 Å². The summed E-state index contributed by atoms with van der Waals surface area (Å²) in [7, 11) is 3.68. The number of aryl methyl sites for hydroxylation is 1. The molecule has 3 N–H and O–H groups in total. The third-order valence-corrected chi connectivity index (χ3v) is 4.26. The molecule has 158 valence electrons. The van der Waals surface area contributed by atoms with Crippen LogP contribution in [0.4, 0.5) is 11.9 Å². The molecule has 0 aromatic carbocycles. The first-order valence-corrected chi connectivity index (χ1v) is 9.80. The maximum Gasteiger partial charge on any atom is 0.246 e. The van der Waals surface area contributed by atoms with Gasteiger partial charge in [0, 0.05) is 20.5 Å². The predicted octanol–water partition coefficient (Wildman–Crippen LogP) is 1.77. The third kappa shape index (κ3) is 8.47. The molecule has 0 saturated heterocycles. The number of hydrazine groups is 1. The second-order valence-corrected chi connectivity index (χ2v) is 6.88. The third-order valence-electron chi connectivity index (χ3n) is 4.26. The Balaban J connectivity index is 2.72. The molecule has 0 aliphatic heterocycles. The standard InChI is InChI=1S/C18H33N7O3/c1-5-7-8-9-10-11-15-19-17(21-18(20-15)24(3)4)23-22-16(27)14(6-2)12-25(28)13-26/h13-14,28H,5-12H2,1-4H3,(H,22,27)(H,19,20,21,23). The highest BCUT2D eigenvalue weighted by atomic mass is 16.5. The van der Waals surface area contributed by atoms with Gasteiger partial charge in [0.05, 0.1) is 12.5 Å². The van der Waals surface area contributed by atoms with Crippen molar-refractivity contribution in [3.8, 4) is 0 Å². The lowest BCUT2D eigenvalue weighted by atomic mass is 10.1. The van der Waals surface area contributed by atoms with Crippen LogP contribution in [0, 0.1) is 5.92 Å². The Morgan fingerprint density at radius 3 is 2.46 bits per heavy atom.